The topological polar surface area (TPSA) is 7.76 Å². The summed E-state index contributed by atoms with van der Waals surface area (Å²) in [6.45, 7) is 26.8. The molecule has 2 heterocycles. The van der Waals surface area contributed by atoms with Gasteiger partial charge >= 0.3 is 0 Å². The van der Waals surface area contributed by atoms with E-state index in [0.29, 0.717) is 0 Å². The number of hydrogen-bond acceptors (Lipinski definition) is 0. The minimum absolute atomic E-state index is 0.168. The van der Waals surface area contributed by atoms with Crippen molar-refractivity contribution in [1.82, 2.24) is 0 Å². The minimum Gasteiger partial charge on any atom is -0.201 e. The number of nitrogens with zero attached hydrogens (tertiary/aromatic N) is 2. The Labute approximate surface area is 174 Å². The van der Waals surface area contributed by atoms with E-state index in [-0.39, 0.29) is 21.9 Å². The second-order valence-electron chi connectivity index (χ2n) is 11.8. The van der Waals surface area contributed by atoms with Crippen molar-refractivity contribution in [2.45, 2.75) is 105 Å². The first kappa shape index (κ1) is 24.3. The zero-order chi connectivity index (χ0) is 22.0. The van der Waals surface area contributed by atoms with Crippen LogP contribution in [0.2, 0.25) is 0 Å². The van der Waals surface area contributed by atoms with Gasteiger partial charge in [-0.1, -0.05) is 41.5 Å². The maximum absolute atomic E-state index is 2.27. The standard InChI is InChI=1S/2C13H22N/c1-12(2,3)11-7-9-14(10-8-11)13(4,5)6;1-12(2,3)11-8-7-9-14(10-11)13(4,5)6/h2*7-10H,1-6H3/q2*+1. The van der Waals surface area contributed by atoms with Gasteiger partial charge in [0, 0.05) is 65.3 Å². The Hall–Kier alpha value is -1.70. The van der Waals surface area contributed by atoms with Gasteiger partial charge in [0.2, 0.25) is 0 Å². The molecule has 0 bridgehead atoms. The summed E-state index contributed by atoms with van der Waals surface area (Å²) in [7, 11) is 0. The molecule has 0 atom stereocenters. The van der Waals surface area contributed by atoms with Crippen molar-refractivity contribution in [2.24, 2.45) is 0 Å². The van der Waals surface area contributed by atoms with Crippen molar-refractivity contribution < 1.29 is 9.13 Å². The number of hydrogen-bond donors (Lipinski definition) is 0. The van der Waals surface area contributed by atoms with Crippen LogP contribution in [0.5, 0.6) is 0 Å². The Bertz CT molecular complexity index is 681. The zero-order valence-electron chi connectivity index (χ0n) is 20.5. The number of pyridine rings is 2. The molecule has 2 heteroatoms. The molecule has 156 valence electrons. The van der Waals surface area contributed by atoms with E-state index >= 15 is 0 Å². The van der Waals surface area contributed by atoms with Gasteiger partial charge in [-0.2, -0.15) is 0 Å². The second kappa shape index (κ2) is 8.35. The van der Waals surface area contributed by atoms with Crippen LogP contribution in [0, 0.1) is 0 Å². The highest BCUT2D eigenvalue weighted by atomic mass is 15.0. The zero-order valence-corrected chi connectivity index (χ0v) is 20.5. The molecule has 0 fully saturated rings. The molecule has 2 rings (SSSR count). The molecule has 0 unspecified atom stereocenters. The van der Waals surface area contributed by atoms with E-state index in [1.165, 1.54) is 11.1 Å². The lowest BCUT2D eigenvalue weighted by molar-refractivity contribution is -0.754. The fraction of sp³-hybridized carbons (Fsp3) is 0.615. The molecule has 0 N–H and O–H groups in total. The van der Waals surface area contributed by atoms with Gasteiger partial charge in [0.15, 0.2) is 35.9 Å². The van der Waals surface area contributed by atoms with Gasteiger partial charge in [-0.15, -0.1) is 0 Å². The van der Waals surface area contributed by atoms with E-state index in [0.717, 1.165) is 0 Å². The molecule has 0 spiro atoms. The molecule has 2 nitrogen and oxygen atoms in total. The molecule has 0 radical (unpaired) electrons. The van der Waals surface area contributed by atoms with Crippen molar-refractivity contribution in [3.05, 3.63) is 60.2 Å². The fourth-order valence-electron chi connectivity index (χ4n) is 2.71. The van der Waals surface area contributed by atoms with E-state index < -0.39 is 0 Å². The molecular weight excluding hydrogens is 340 g/mol. The van der Waals surface area contributed by atoms with E-state index in [9.17, 15) is 0 Å². The van der Waals surface area contributed by atoms with Crippen LogP contribution in [-0.2, 0) is 21.9 Å². The van der Waals surface area contributed by atoms with Gasteiger partial charge in [0.05, 0.1) is 0 Å². The van der Waals surface area contributed by atoms with Crippen molar-refractivity contribution in [2.75, 3.05) is 0 Å². The molecule has 2 aromatic heterocycles. The van der Waals surface area contributed by atoms with E-state index in [2.05, 4.69) is 141 Å². The highest BCUT2D eigenvalue weighted by molar-refractivity contribution is 5.17. The first-order valence-electron chi connectivity index (χ1n) is 10.5. The largest absolute Gasteiger partial charge is 0.201 e. The summed E-state index contributed by atoms with van der Waals surface area (Å²) in [6, 6.07) is 8.75. The molecule has 28 heavy (non-hydrogen) atoms. The van der Waals surface area contributed by atoms with Crippen LogP contribution in [0.15, 0.2) is 49.1 Å². The van der Waals surface area contributed by atoms with Gasteiger partial charge in [0.1, 0.15) is 0 Å². The molecular formula is C26H44N2+2. The van der Waals surface area contributed by atoms with Gasteiger partial charge in [-0.3, -0.25) is 0 Å². The average molecular weight is 385 g/mol. The van der Waals surface area contributed by atoms with Crippen molar-refractivity contribution >= 4 is 0 Å². The third-order valence-electron chi connectivity index (χ3n) is 4.91. The minimum atomic E-state index is 0.168. The summed E-state index contributed by atoms with van der Waals surface area (Å²) in [5, 5.41) is 0. The Morgan fingerprint density at radius 1 is 0.500 bits per heavy atom. The maximum Gasteiger partial charge on any atom is 0.172 e. The first-order chi connectivity index (χ1) is 12.4. The fourth-order valence-corrected chi connectivity index (χ4v) is 2.71. The van der Waals surface area contributed by atoms with Crippen LogP contribution in [0.25, 0.3) is 0 Å². The third kappa shape index (κ3) is 7.37. The Balaban J connectivity index is 0.000000280. The number of aromatic nitrogens is 2. The predicted octanol–water partition coefficient (Wildman–Crippen LogP) is 6.05. The summed E-state index contributed by atoms with van der Waals surface area (Å²) < 4.78 is 4.51. The van der Waals surface area contributed by atoms with E-state index in [1.54, 1.807) is 0 Å². The lowest BCUT2D eigenvalue weighted by Crippen LogP contribution is -2.50. The molecule has 0 amide bonds. The molecule has 0 aromatic carbocycles. The quantitative estimate of drug-likeness (QED) is 0.488. The lowest BCUT2D eigenvalue weighted by Gasteiger charge is -2.20. The van der Waals surface area contributed by atoms with Crippen molar-refractivity contribution in [3.63, 3.8) is 0 Å². The van der Waals surface area contributed by atoms with E-state index in [4.69, 9.17) is 0 Å². The molecule has 0 aliphatic heterocycles. The molecule has 0 aliphatic carbocycles. The highest BCUT2D eigenvalue weighted by Crippen LogP contribution is 2.21. The van der Waals surface area contributed by atoms with Crippen LogP contribution in [0.3, 0.4) is 0 Å². The van der Waals surface area contributed by atoms with Gasteiger partial charge in [-0.05, 0) is 22.5 Å². The second-order valence-corrected chi connectivity index (χ2v) is 11.8. The molecule has 0 saturated heterocycles. The normalized spacial score (nSPS) is 13.0. The lowest BCUT2D eigenvalue weighted by atomic mass is 9.88. The summed E-state index contributed by atoms with van der Waals surface area (Å²) in [4.78, 5) is 0. The number of rotatable bonds is 0. The molecule has 0 saturated carbocycles. The van der Waals surface area contributed by atoms with Crippen molar-refractivity contribution in [3.8, 4) is 0 Å². The van der Waals surface area contributed by atoms with Crippen LogP contribution < -0.4 is 9.13 Å². The Morgan fingerprint density at radius 3 is 1.29 bits per heavy atom. The van der Waals surface area contributed by atoms with Crippen LogP contribution in [-0.4, -0.2) is 0 Å². The van der Waals surface area contributed by atoms with E-state index in [1.807, 2.05) is 0 Å². The predicted molar refractivity (Wildman–Crippen MR) is 121 cm³/mol. The van der Waals surface area contributed by atoms with Gasteiger partial charge in [-0.25, -0.2) is 9.13 Å². The maximum atomic E-state index is 2.27. The third-order valence-corrected chi connectivity index (χ3v) is 4.91. The van der Waals surface area contributed by atoms with Gasteiger partial charge in [0.25, 0.3) is 0 Å². The van der Waals surface area contributed by atoms with Gasteiger partial charge < -0.3 is 0 Å². The SMILES string of the molecule is CC(C)(C)c1cc[n+](C(C)(C)C)cc1.CC(C)(C)c1ccc[n+](C(C)(C)C)c1. The molecule has 0 aliphatic rings. The Kier molecular flexibility index (Phi) is 7.26. The van der Waals surface area contributed by atoms with Crippen molar-refractivity contribution in [1.29, 1.82) is 0 Å². The highest BCUT2D eigenvalue weighted by Gasteiger charge is 2.24. The summed E-state index contributed by atoms with van der Waals surface area (Å²) in [5.74, 6) is 0. The first-order valence-corrected chi connectivity index (χ1v) is 10.5. The average Bonchev–Trinajstić information content (AvgIpc) is 2.52. The monoisotopic (exact) mass is 384 g/mol. The van der Waals surface area contributed by atoms with Crippen LogP contribution in [0.4, 0.5) is 0 Å². The summed E-state index contributed by atoms with van der Waals surface area (Å²) in [5.41, 5.74) is 3.59. The molecule has 2 aromatic rings. The Morgan fingerprint density at radius 2 is 0.929 bits per heavy atom. The van der Waals surface area contributed by atoms with Crippen LogP contribution >= 0.6 is 0 Å². The summed E-state index contributed by atoms with van der Waals surface area (Å²) in [6.07, 6.45) is 8.72. The summed E-state index contributed by atoms with van der Waals surface area (Å²) >= 11 is 0. The van der Waals surface area contributed by atoms with Crippen LogP contribution in [0.1, 0.15) is 94.2 Å². The smallest absolute Gasteiger partial charge is 0.172 e.